The van der Waals surface area contributed by atoms with Gasteiger partial charge in [0.05, 0.1) is 13.2 Å². The van der Waals surface area contributed by atoms with Gasteiger partial charge in [0.1, 0.15) is 11.9 Å². The molecule has 1 aromatic carbocycles. The van der Waals surface area contributed by atoms with Gasteiger partial charge in [-0.05, 0) is 64.3 Å². The summed E-state index contributed by atoms with van der Waals surface area (Å²) in [5.74, 6) is 2.51. The van der Waals surface area contributed by atoms with Crippen LogP contribution in [0.4, 0.5) is 0 Å². The average Bonchev–Trinajstić information content (AvgIpc) is 2.71. The molecule has 1 aliphatic heterocycles. The van der Waals surface area contributed by atoms with E-state index in [0.29, 0.717) is 12.5 Å². The number of para-hydroxylation sites is 1. The summed E-state index contributed by atoms with van der Waals surface area (Å²) >= 11 is 0. The van der Waals surface area contributed by atoms with E-state index < -0.39 is 0 Å². The van der Waals surface area contributed by atoms with Crippen molar-refractivity contribution in [2.45, 2.75) is 39.7 Å². The summed E-state index contributed by atoms with van der Waals surface area (Å²) < 4.78 is 11.2. The van der Waals surface area contributed by atoms with Crippen molar-refractivity contribution in [1.82, 2.24) is 15.5 Å². The maximum absolute atomic E-state index is 6.03. The van der Waals surface area contributed by atoms with Gasteiger partial charge in [-0.2, -0.15) is 0 Å². The molecule has 0 radical (unpaired) electrons. The van der Waals surface area contributed by atoms with Crippen LogP contribution < -0.4 is 15.4 Å². The van der Waals surface area contributed by atoms with Gasteiger partial charge in [-0.25, -0.2) is 4.99 Å². The zero-order valence-electron chi connectivity index (χ0n) is 18.4. The summed E-state index contributed by atoms with van der Waals surface area (Å²) in [5, 5.41) is 6.86. The van der Waals surface area contributed by atoms with Crippen LogP contribution in [0.5, 0.6) is 5.75 Å². The van der Waals surface area contributed by atoms with Crippen LogP contribution in [0.3, 0.4) is 0 Å². The lowest BCUT2D eigenvalue weighted by atomic mass is 9.97. The molecule has 0 saturated carbocycles. The first-order valence-corrected chi connectivity index (χ1v) is 10.6. The fraction of sp³-hybridized carbons (Fsp3) is 0.682. The Kier molecular flexibility index (Phi) is 13.3. The fourth-order valence-electron chi connectivity index (χ4n) is 3.38. The zero-order valence-corrected chi connectivity index (χ0v) is 20.8. The number of aliphatic imine (C=N–C) groups is 1. The number of piperidine rings is 1. The van der Waals surface area contributed by atoms with Crippen LogP contribution in [0.1, 0.15) is 32.3 Å². The molecule has 0 amide bonds. The normalized spacial score (nSPS) is 16.8. The number of guanidine groups is 1. The van der Waals surface area contributed by atoms with E-state index in [-0.39, 0.29) is 30.1 Å². The molecule has 7 heteroatoms. The lowest BCUT2D eigenvalue weighted by Crippen LogP contribution is -2.43. The van der Waals surface area contributed by atoms with Gasteiger partial charge >= 0.3 is 0 Å². The van der Waals surface area contributed by atoms with E-state index in [4.69, 9.17) is 14.5 Å². The Morgan fingerprint density at radius 1 is 1.24 bits per heavy atom. The first-order valence-electron chi connectivity index (χ1n) is 10.6. The fourth-order valence-corrected chi connectivity index (χ4v) is 3.38. The molecule has 1 aliphatic rings. The molecule has 2 rings (SSSR count). The number of ether oxygens (including phenoxy) is 2. The van der Waals surface area contributed by atoms with E-state index in [1.807, 2.05) is 18.2 Å². The lowest BCUT2D eigenvalue weighted by molar-refractivity contribution is 0.121. The van der Waals surface area contributed by atoms with Crippen molar-refractivity contribution in [2.75, 3.05) is 53.0 Å². The molecule has 1 saturated heterocycles. The molecule has 0 bridgehead atoms. The molecule has 2 N–H and O–H groups in total. The first kappa shape index (κ1) is 26.0. The van der Waals surface area contributed by atoms with E-state index in [1.54, 1.807) is 7.11 Å². The number of likely N-dealkylation sites (tertiary alicyclic amines) is 1. The molecule has 0 aliphatic carbocycles. The highest BCUT2D eigenvalue weighted by Crippen LogP contribution is 2.18. The van der Waals surface area contributed by atoms with Gasteiger partial charge in [-0.1, -0.05) is 18.2 Å². The molecule has 1 atom stereocenters. The van der Waals surface area contributed by atoms with Crippen LogP contribution in [0.2, 0.25) is 0 Å². The van der Waals surface area contributed by atoms with E-state index in [0.717, 1.165) is 56.6 Å². The number of rotatable bonds is 10. The van der Waals surface area contributed by atoms with Crippen molar-refractivity contribution in [1.29, 1.82) is 0 Å². The summed E-state index contributed by atoms with van der Waals surface area (Å²) in [4.78, 5) is 7.21. The lowest BCUT2D eigenvalue weighted by Gasteiger charge is -2.32. The van der Waals surface area contributed by atoms with E-state index in [2.05, 4.69) is 42.4 Å². The first-order chi connectivity index (χ1) is 13.6. The minimum atomic E-state index is 0. The van der Waals surface area contributed by atoms with Crippen molar-refractivity contribution >= 4 is 29.9 Å². The molecular formula is C22H39IN4O2. The van der Waals surface area contributed by atoms with Crippen molar-refractivity contribution in [3.05, 3.63) is 29.8 Å². The third kappa shape index (κ3) is 10.00. The smallest absolute Gasteiger partial charge is 0.191 e. The van der Waals surface area contributed by atoms with Gasteiger partial charge in [0.15, 0.2) is 5.96 Å². The van der Waals surface area contributed by atoms with Gasteiger partial charge in [0, 0.05) is 26.7 Å². The minimum Gasteiger partial charge on any atom is -0.489 e. The molecule has 1 fully saturated rings. The second-order valence-electron chi connectivity index (χ2n) is 7.57. The van der Waals surface area contributed by atoms with Crippen molar-refractivity contribution < 1.29 is 9.47 Å². The van der Waals surface area contributed by atoms with Crippen molar-refractivity contribution in [2.24, 2.45) is 10.9 Å². The Morgan fingerprint density at radius 2 is 1.97 bits per heavy atom. The van der Waals surface area contributed by atoms with Crippen molar-refractivity contribution in [3.63, 3.8) is 0 Å². The third-order valence-corrected chi connectivity index (χ3v) is 5.15. The second kappa shape index (κ2) is 14.8. The molecule has 29 heavy (non-hydrogen) atoms. The highest BCUT2D eigenvalue weighted by atomic mass is 127. The van der Waals surface area contributed by atoms with Gasteiger partial charge in [-0.15, -0.1) is 24.0 Å². The van der Waals surface area contributed by atoms with Gasteiger partial charge < -0.3 is 25.0 Å². The Bertz CT molecular complexity index is 592. The Morgan fingerprint density at radius 3 is 2.62 bits per heavy atom. The van der Waals surface area contributed by atoms with Crippen LogP contribution in [0.15, 0.2) is 29.3 Å². The standard InChI is InChI=1S/C22H38N4O2.HI/c1-5-23-22(24-16-19(3)28-21-9-7-6-8-18(21)2)25-17-20-10-12-26(13-11-20)14-15-27-4;/h6-9,19-20H,5,10-17H2,1-4H3,(H2,23,24,25);1H. The van der Waals surface area contributed by atoms with E-state index in [9.17, 15) is 0 Å². The van der Waals surface area contributed by atoms with Crippen LogP contribution in [-0.4, -0.2) is 69.9 Å². The summed E-state index contributed by atoms with van der Waals surface area (Å²) in [7, 11) is 1.77. The largest absolute Gasteiger partial charge is 0.489 e. The summed E-state index contributed by atoms with van der Waals surface area (Å²) in [6.45, 7) is 12.9. The zero-order chi connectivity index (χ0) is 20.2. The summed E-state index contributed by atoms with van der Waals surface area (Å²) in [6, 6.07) is 8.11. The highest BCUT2D eigenvalue weighted by molar-refractivity contribution is 14.0. The topological polar surface area (TPSA) is 58.1 Å². The quantitative estimate of drug-likeness (QED) is 0.283. The number of hydrogen-bond donors (Lipinski definition) is 2. The summed E-state index contributed by atoms with van der Waals surface area (Å²) in [6.07, 6.45) is 2.48. The Balaban J connectivity index is 0.00000420. The average molecular weight is 518 g/mol. The molecule has 0 aromatic heterocycles. The number of methoxy groups -OCH3 is 1. The number of benzene rings is 1. The van der Waals surface area contributed by atoms with Crippen molar-refractivity contribution in [3.8, 4) is 5.75 Å². The van der Waals surface area contributed by atoms with Crippen LogP contribution in [-0.2, 0) is 4.74 Å². The van der Waals surface area contributed by atoms with Gasteiger partial charge in [0.25, 0.3) is 0 Å². The number of hydrogen-bond acceptors (Lipinski definition) is 4. The molecule has 6 nitrogen and oxygen atoms in total. The molecule has 1 unspecified atom stereocenters. The molecule has 1 aromatic rings. The monoisotopic (exact) mass is 518 g/mol. The van der Waals surface area contributed by atoms with E-state index in [1.165, 1.54) is 12.8 Å². The minimum absolute atomic E-state index is 0. The molecular weight excluding hydrogens is 479 g/mol. The SMILES string of the molecule is CCNC(=NCC(C)Oc1ccccc1C)NCC1CCN(CCOC)CC1.I. The predicted octanol–water partition coefficient (Wildman–Crippen LogP) is 3.29. The maximum Gasteiger partial charge on any atom is 0.191 e. The third-order valence-electron chi connectivity index (χ3n) is 5.15. The number of aryl methyl sites for hydroxylation is 1. The number of nitrogens with one attached hydrogen (secondary N) is 2. The highest BCUT2D eigenvalue weighted by Gasteiger charge is 2.19. The van der Waals surface area contributed by atoms with Crippen LogP contribution in [0, 0.1) is 12.8 Å². The summed E-state index contributed by atoms with van der Waals surface area (Å²) in [5.41, 5.74) is 1.15. The van der Waals surface area contributed by atoms with E-state index >= 15 is 0 Å². The van der Waals surface area contributed by atoms with Crippen LogP contribution in [0.25, 0.3) is 0 Å². The molecule has 0 spiro atoms. The number of nitrogens with zero attached hydrogens (tertiary/aromatic N) is 2. The number of halogens is 1. The Hall–Kier alpha value is -1.06. The van der Waals surface area contributed by atoms with Gasteiger partial charge in [-0.3, -0.25) is 0 Å². The molecule has 1 heterocycles. The van der Waals surface area contributed by atoms with Gasteiger partial charge in [0.2, 0.25) is 0 Å². The maximum atomic E-state index is 6.03. The van der Waals surface area contributed by atoms with Crippen LogP contribution >= 0.6 is 24.0 Å². The Labute approximate surface area is 193 Å². The predicted molar refractivity (Wildman–Crippen MR) is 132 cm³/mol. The molecule has 166 valence electrons. The second-order valence-corrected chi connectivity index (χ2v) is 7.57.